The number of carbonyl (C=O) groups excluding carboxylic acids is 2. The Kier molecular flexibility index (Phi) is 13.7. The Hall–Kier alpha value is -3.20. The van der Waals surface area contributed by atoms with Crippen LogP contribution in [0.15, 0.2) is 60.7 Å². The minimum absolute atomic E-state index is 0.0519. The van der Waals surface area contributed by atoms with Crippen molar-refractivity contribution in [2.75, 3.05) is 45.9 Å². The molecule has 0 aromatic heterocycles. The van der Waals surface area contributed by atoms with Crippen LogP contribution in [-0.4, -0.2) is 84.7 Å². The van der Waals surface area contributed by atoms with Gasteiger partial charge in [0.05, 0.1) is 18.1 Å². The van der Waals surface area contributed by atoms with Crippen LogP contribution in [-0.2, 0) is 17.8 Å². The molecule has 2 aromatic carbocycles. The number of allylic oxidation sites excluding steroid dienone is 1. The highest BCUT2D eigenvalue weighted by Crippen LogP contribution is 2.77. The fourth-order valence-corrected chi connectivity index (χ4v) is 15.9. The average molecular weight is 877 g/mol. The van der Waals surface area contributed by atoms with Gasteiger partial charge in [-0.15, -0.1) is 0 Å². The molecule has 0 bridgehead atoms. The minimum Gasteiger partial charge on any atom is -0.494 e. The van der Waals surface area contributed by atoms with Gasteiger partial charge < -0.3 is 25.4 Å². The predicted molar refractivity (Wildman–Crippen MR) is 259 cm³/mol. The lowest BCUT2D eigenvalue weighted by molar-refractivity contribution is -0.246. The van der Waals surface area contributed by atoms with Gasteiger partial charge in [-0.1, -0.05) is 71.0 Å². The van der Waals surface area contributed by atoms with Crippen LogP contribution < -0.4 is 15.4 Å². The number of hydrogen-bond donors (Lipinski definition) is 3. The molecule has 1 aliphatic heterocycles. The van der Waals surface area contributed by atoms with Crippen LogP contribution >= 0.6 is 0 Å². The van der Waals surface area contributed by atoms with Crippen molar-refractivity contribution < 1.29 is 19.4 Å². The van der Waals surface area contributed by atoms with E-state index in [4.69, 9.17) is 4.74 Å². The third-order valence-electron chi connectivity index (χ3n) is 19.8. The van der Waals surface area contributed by atoms with Crippen molar-refractivity contribution in [3.05, 3.63) is 77.4 Å². The Labute approximate surface area is 387 Å². The molecule has 2 aromatic rings. The number of aliphatic hydroxyl groups is 1. The number of ether oxygens (including phenoxy) is 1. The molecule has 352 valence electrons. The van der Waals surface area contributed by atoms with Crippen molar-refractivity contribution in [3.63, 3.8) is 0 Å². The Morgan fingerprint density at radius 2 is 1.58 bits per heavy atom. The number of rotatable bonds is 14. The van der Waals surface area contributed by atoms with Crippen LogP contribution in [0.25, 0.3) is 0 Å². The molecule has 8 heteroatoms. The quantitative estimate of drug-likeness (QED) is 0.129. The summed E-state index contributed by atoms with van der Waals surface area (Å²) in [5, 5.41) is 17.8. The molecule has 64 heavy (non-hydrogen) atoms. The Balaban J connectivity index is 0.839. The number of hydrogen-bond acceptors (Lipinski definition) is 6. The van der Waals surface area contributed by atoms with E-state index in [1.54, 1.807) is 0 Å². The fraction of sp³-hybridized carbons (Fsp3) is 0.714. The van der Waals surface area contributed by atoms with Crippen LogP contribution in [0.1, 0.15) is 148 Å². The summed E-state index contributed by atoms with van der Waals surface area (Å²) in [6.07, 6.45) is 12.4. The summed E-state index contributed by atoms with van der Waals surface area (Å²) >= 11 is 0. The maximum atomic E-state index is 14.8. The Bertz CT molecular complexity index is 1990. The lowest BCUT2D eigenvalue weighted by Gasteiger charge is -2.72. The van der Waals surface area contributed by atoms with Crippen molar-refractivity contribution in [1.29, 1.82) is 0 Å². The zero-order valence-electron chi connectivity index (χ0n) is 41.1. The molecular weight excluding hydrogens is 793 g/mol. The molecule has 1 heterocycles. The molecule has 3 N–H and O–H groups in total. The number of nitrogens with zero attached hydrogens (tertiary/aromatic N) is 2. The molecule has 5 aliphatic carbocycles. The maximum absolute atomic E-state index is 14.8. The van der Waals surface area contributed by atoms with E-state index in [1.165, 1.54) is 31.3 Å². The predicted octanol–water partition coefficient (Wildman–Crippen LogP) is 10.1. The van der Waals surface area contributed by atoms with E-state index >= 15 is 0 Å². The van der Waals surface area contributed by atoms with Crippen LogP contribution in [0.3, 0.4) is 0 Å². The standard InChI is InChI=1S/C56H84N4O4/c1-38(2)44-20-26-56(28-27-54(8)45(49(44)56)18-19-47-53(7)24-22-48(61)52(5,6)46(53)21-25-55(47,54)9)51(63)57-29-23-40-12-10-13-42(36-40)50(62)58-37-41-14-16-43(17-15-41)64-35-11-30-59-31-33-60(34-32-59)39(3)4/h10,12-17,36,39,44-49,61H,1,11,18-35,37H2,2-9H3,(H,57,63)(H,58,62)/t44-,45?,46?,47?,48-,49?,53-,54+,55+,56-/m0/s1. The molecule has 8 nitrogen and oxygen atoms in total. The van der Waals surface area contributed by atoms with Crippen molar-refractivity contribution >= 4 is 11.8 Å². The van der Waals surface area contributed by atoms with E-state index in [9.17, 15) is 14.7 Å². The number of nitrogens with one attached hydrogen (secondary N) is 2. The first-order valence-electron chi connectivity index (χ1n) is 25.6. The van der Waals surface area contributed by atoms with Gasteiger partial charge in [-0.25, -0.2) is 0 Å². The highest BCUT2D eigenvalue weighted by atomic mass is 16.5. The van der Waals surface area contributed by atoms with E-state index in [-0.39, 0.29) is 45.0 Å². The lowest BCUT2D eigenvalue weighted by Crippen LogP contribution is -2.67. The fourth-order valence-electron chi connectivity index (χ4n) is 15.9. The van der Waals surface area contributed by atoms with Gasteiger partial charge in [0.2, 0.25) is 5.91 Å². The molecule has 6 fully saturated rings. The van der Waals surface area contributed by atoms with E-state index in [0.717, 1.165) is 94.5 Å². The monoisotopic (exact) mass is 877 g/mol. The minimum atomic E-state index is -0.357. The van der Waals surface area contributed by atoms with Gasteiger partial charge in [0.1, 0.15) is 5.75 Å². The summed E-state index contributed by atoms with van der Waals surface area (Å²) in [5.41, 5.74) is 4.18. The molecule has 10 atom stereocenters. The summed E-state index contributed by atoms with van der Waals surface area (Å²) < 4.78 is 6.05. The summed E-state index contributed by atoms with van der Waals surface area (Å²) in [7, 11) is 0. The number of fused-ring (bicyclic) bond motifs is 7. The first-order valence-corrected chi connectivity index (χ1v) is 25.6. The van der Waals surface area contributed by atoms with Crippen LogP contribution in [0.5, 0.6) is 5.75 Å². The second-order valence-electron chi connectivity index (χ2n) is 23.4. The molecule has 6 aliphatic rings. The number of amides is 2. The van der Waals surface area contributed by atoms with Gasteiger partial charge in [0.25, 0.3) is 5.91 Å². The largest absolute Gasteiger partial charge is 0.494 e. The topological polar surface area (TPSA) is 94.1 Å². The number of benzene rings is 2. The Morgan fingerprint density at radius 1 is 0.828 bits per heavy atom. The smallest absolute Gasteiger partial charge is 0.251 e. The summed E-state index contributed by atoms with van der Waals surface area (Å²) in [4.78, 5) is 33.2. The second-order valence-corrected chi connectivity index (χ2v) is 23.4. The first kappa shape index (κ1) is 47.3. The van der Waals surface area contributed by atoms with Gasteiger partial charge in [0, 0.05) is 57.4 Å². The summed E-state index contributed by atoms with van der Waals surface area (Å²) in [6.45, 7) is 31.2. The highest BCUT2D eigenvalue weighted by molar-refractivity contribution is 5.94. The molecule has 8 rings (SSSR count). The SMILES string of the molecule is C=C(C)[C@@H]1CC[C@]2(C(=O)NCCc3cccc(C(=O)NCc4ccc(OCCCN5CCN(C(C)C)CC5)cc4)c3)CC[C@]3(C)C(CCC4[C@@]5(C)CC[C@H](O)C(C)(C)C5CC[C@]43C)C12. The molecular formula is C56H84N4O4. The third kappa shape index (κ3) is 8.52. The average Bonchev–Trinajstić information content (AvgIpc) is 3.68. The molecule has 4 unspecified atom stereocenters. The van der Waals surface area contributed by atoms with Crippen molar-refractivity contribution in [3.8, 4) is 5.75 Å². The van der Waals surface area contributed by atoms with E-state index in [2.05, 4.69) is 88.5 Å². The zero-order valence-corrected chi connectivity index (χ0v) is 41.1. The van der Waals surface area contributed by atoms with Crippen LogP contribution in [0.2, 0.25) is 0 Å². The third-order valence-corrected chi connectivity index (χ3v) is 19.8. The number of carbonyl (C=O) groups is 2. The molecule has 0 spiro atoms. The van der Waals surface area contributed by atoms with Crippen molar-refractivity contribution in [2.24, 2.45) is 56.7 Å². The van der Waals surface area contributed by atoms with Gasteiger partial charge in [-0.05, 0) is 184 Å². The molecule has 0 radical (unpaired) electrons. The number of piperazine rings is 1. The summed E-state index contributed by atoms with van der Waals surface area (Å²) in [6, 6.07) is 16.5. The van der Waals surface area contributed by atoms with Gasteiger partial charge >= 0.3 is 0 Å². The molecule has 1 saturated heterocycles. The highest BCUT2D eigenvalue weighted by Gasteiger charge is 2.71. The van der Waals surface area contributed by atoms with E-state index in [1.807, 2.05) is 42.5 Å². The normalized spacial score (nSPS) is 36.0. The van der Waals surface area contributed by atoms with Gasteiger partial charge in [-0.2, -0.15) is 0 Å². The summed E-state index contributed by atoms with van der Waals surface area (Å²) in [5.74, 6) is 3.39. The maximum Gasteiger partial charge on any atom is 0.251 e. The molecule has 2 amide bonds. The van der Waals surface area contributed by atoms with Gasteiger partial charge in [-0.3, -0.25) is 14.5 Å². The van der Waals surface area contributed by atoms with Crippen LogP contribution in [0.4, 0.5) is 0 Å². The van der Waals surface area contributed by atoms with Crippen molar-refractivity contribution in [2.45, 2.75) is 151 Å². The first-order chi connectivity index (χ1) is 30.4. The van der Waals surface area contributed by atoms with Crippen LogP contribution in [0, 0.1) is 56.7 Å². The van der Waals surface area contributed by atoms with Crippen molar-refractivity contribution in [1.82, 2.24) is 20.4 Å². The second kappa shape index (κ2) is 18.5. The lowest BCUT2D eigenvalue weighted by atomic mass is 9.32. The Morgan fingerprint density at radius 3 is 2.30 bits per heavy atom. The van der Waals surface area contributed by atoms with E-state index in [0.29, 0.717) is 67.3 Å². The van der Waals surface area contributed by atoms with Gasteiger partial charge in [0.15, 0.2) is 0 Å². The zero-order chi connectivity index (χ0) is 45.7. The van der Waals surface area contributed by atoms with E-state index < -0.39 is 0 Å². The molecule has 5 saturated carbocycles. The number of aliphatic hydroxyl groups excluding tert-OH is 1.